The summed E-state index contributed by atoms with van der Waals surface area (Å²) >= 11 is 0. The number of carbonyl (C=O) groups is 1. The number of benzene rings is 2. The molecule has 0 aromatic heterocycles. The van der Waals surface area contributed by atoms with Crippen LogP contribution in [-0.4, -0.2) is 11.9 Å². The van der Waals surface area contributed by atoms with Gasteiger partial charge in [-0.3, -0.25) is 4.79 Å². The van der Waals surface area contributed by atoms with Crippen LogP contribution in [0.15, 0.2) is 48.5 Å². The number of hydrogen-bond donors (Lipinski definition) is 1. The van der Waals surface area contributed by atoms with E-state index in [2.05, 4.69) is 5.32 Å². The summed E-state index contributed by atoms with van der Waals surface area (Å²) in [6, 6.07) is 12.6. The fourth-order valence-corrected chi connectivity index (χ4v) is 2.07. The van der Waals surface area contributed by atoms with Gasteiger partial charge in [-0.1, -0.05) is 30.3 Å². The first-order chi connectivity index (χ1) is 10.1. The molecular weight excluding hydrogens is 272 g/mol. The highest BCUT2D eigenvalue weighted by molar-refractivity contribution is 5.94. The van der Waals surface area contributed by atoms with Crippen molar-refractivity contribution in [2.75, 3.05) is 0 Å². The summed E-state index contributed by atoms with van der Waals surface area (Å²) in [7, 11) is 0. The molecule has 2 aromatic carbocycles. The van der Waals surface area contributed by atoms with E-state index >= 15 is 0 Å². The summed E-state index contributed by atoms with van der Waals surface area (Å²) in [6.07, 6.45) is 1.54. The van der Waals surface area contributed by atoms with Crippen molar-refractivity contribution < 1.29 is 13.6 Å². The van der Waals surface area contributed by atoms with E-state index in [0.717, 1.165) is 31.0 Å². The second-order valence-electron chi connectivity index (χ2n) is 5.02. The Kier molecular flexibility index (Phi) is 5.04. The van der Waals surface area contributed by atoms with Crippen LogP contribution in [0.2, 0.25) is 0 Å². The van der Waals surface area contributed by atoms with Crippen molar-refractivity contribution in [3.05, 3.63) is 71.3 Å². The summed E-state index contributed by atoms with van der Waals surface area (Å²) in [5.74, 6) is -1.93. The van der Waals surface area contributed by atoms with E-state index in [0.29, 0.717) is 0 Å². The first-order valence-electron chi connectivity index (χ1n) is 6.86. The predicted molar refractivity (Wildman–Crippen MR) is 78.0 cm³/mol. The van der Waals surface area contributed by atoms with Crippen LogP contribution in [-0.2, 0) is 6.42 Å². The SMILES string of the molecule is C[C@H](CCc1ccccc1)NC(=O)c1cc(F)ccc1F. The van der Waals surface area contributed by atoms with Gasteiger partial charge < -0.3 is 5.32 Å². The number of hydrogen-bond acceptors (Lipinski definition) is 1. The van der Waals surface area contributed by atoms with E-state index in [1.54, 1.807) is 0 Å². The standard InChI is InChI=1S/C17H17F2NO/c1-12(7-8-13-5-3-2-4-6-13)20-17(21)15-11-14(18)9-10-16(15)19/h2-6,9-12H,7-8H2,1H3,(H,20,21)/t12-/m1/s1. The molecule has 2 nitrogen and oxygen atoms in total. The molecule has 21 heavy (non-hydrogen) atoms. The van der Waals surface area contributed by atoms with Crippen molar-refractivity contribution in [3.63, 3.8) is 0 Å². The van der Waals surface area contributed by atoms with Gasteiger partial charge in [0.05, 0.1) is 5.56 Å². The molecule has 0 unspecified atom stereocenters. The van der Waals surface area contributed by atoms with Crippen LogP contribution in [0.25, 0.3) is 0 Å². The third-order valence-corrected chi connectivity index (χ3v) is 3.26. The molecule has 0 saturated heterocycles. The van der Waals surface area contributed by atoms with Crippen molar-refractivity contribution in [2.24, 2.45) is 0 Å². The van der Waals surface area contributed by atoms with E-state index in [4.69, 9.17) is 0 Å². The van der Waals surface area contributed by atoms with E-state index < -0.39 is 17.5 Å². The molecular formula is C17H17F2NO. The average Bonchev–Trinajstić information content (AvgIpc) is 2.48. The third-order valence-electron chi connectivity index (χ3n) is 3.26. The van der Waals surface area contributed by atoms with Gasteiger partial charge >= 0.3 is 0 Å². The van der Waals surface area contributed by atoms with Crippen LogP contribution >= 0.6 is 0 Å². The topological polar surface area (TPSA) is 29.1 Å². The Morgan fingerprint density at radius 3 is 2.57 bits per heavy atom. The molecule has 0 aliphatic heterocycles. The zero-order valence-electron chi connectivity index (χ0n) is 11.8. The van der Waals surface area contributed by atoms with Gasteiger partial charge in [0.1, 0.15) is 11.6 Å². The van der Waals surface area contributed by atoms with Crippen LogP contribution in [0.3, 0.4) is 0 Å². The molecule has 0 spiro atoms. The highest BCUT2D eigenvalue weighted by Crippen LogP contribution is 2.11. The molecule has 110 valence electrons. The zero-order valence-corrected chi connectivity index (χ0v) is 11.8. The van der Waals surface area contributed by atoms with Crippen LogP contribution in [0, 0.1) is 11.6 Å². The van der Waals surface area contributed by atoms with Gasteiger partial charge in [0, 0.05) is 6.04 Å². The molecule has 1 amide bonds. The van der Waals surface area contributed by atoms with Gasteiger partial charge in [0.2, 0.25) is 0 Å². The summed E-state index contributed by atoms with van der Waals surface area (Å²) in [5.41, 5.74) is 0.914. The third kappa shape index (κ3) is 4.38. The van der Waals surface area contributed by atoms with Crippen molar-refractivity contribution in [3.8, 4) is 0 Å². The Labute approximate surface area is 122 Å². The lowest BCUT2D eigenvalue weighted by atomic mass is 10.1. The van der Waals surface area contributed by atoms with Crippen molar-refractivity contribution in [2.45, 2.75) is 25.8 Å². The maximum Gasteiger partial charge on any atom is 0.254 e. The van der Waals surface area contributed by atoms with Crippen LogP contribution in [0.1, 0.15) is 29.3 Å². The Morgan fingerprint density at radius 2 is 1.86 bits per heavy atom. The molecule has 0 fully saturated rings. The van der Waals surface area contributed by atoms with E-state index in [-0.39, 0.29) is 11.6 Å². The highest BCUT2D eigenvalue weighted by atomic mass is 19.1. The molecule has 0 radical (unpaired) electrons. The maximum atomic E-state index is 13.5. The van der Waals surface area contributed by atoms with E-state index in [1.807, 2.05) is 37.3 Å². The van der Waals surface area contributed by atoms with Gasteiger partial charge in [0.25, 0.3) is 5.91 Å². The Bertz CT molecular complexity index is 613. The molecule has 0 aliphatic rings. The van der Waals surface area contributed by atoms with Gasteiger partial charge in [-0.2, -0.15) is 0 Å². The minimum Gasteiger partial charge on any atom is -0.349 e. The summed E-state index contributed by atoms with van der Waals surface area (Å²) in [4.78, 5) is 11.9. The first kappa shape index (κ1) is 15.2. The van der Waals surface area contributed by atoms with Gasteiger partial charge in [0.15, 0.2) is 0 Å². The Morgan fingerprint density at radius 1 is 1.14 bits per heavy atom. The molecule has 2 aromatic rings. The van der Waals surface area contributed by atoms with Crippen LogP contribution in [0.5, 0.6) is 0 Å². The normalized spacial score (nSPS) is 12.0. The molecule has 2 rings (SSSR count). The van der Waals surface area contributed by atoms with Crippen molar-refractivity contribution in [1.82, 2.24) is 5.32 Å². The molecule has 0 heterocycles. The predicted octanol–water partition coefficient (Wildman–Crippen LogP) is 3.72. The van der Waals surface area contributed by atoms with Gasteiger partial charge in [-0.05, 0) is 43.5 Å². The molecule has 1 N–H and O–H groups in total. The molecule has 0 aliphatic carbocycles. The fraction of sp³-hybridized carbons (Fsp3) is 0.235. The van der Waals surface area contributed by atoms with E-state index in [1.165, 1.54) is 5.56 Å². The summed E-state index contributed by atoms with van der Waals surface area (Å²) in [5, 5.41) is 2.69. The van der Waals surface area contributed by atoms with Crippen LogP contribution < -0.4 is 5.32 Å². The van der Waals surface area contributed by atoms with Gasteiger partial charge in [-0.25, -0.2) is 8.78 Å². The van der Waals surface area contributed by atoms with Crippen molar-refractivity contribution >= 4 is 5.91 Å². The molecule has 0 saturated carbocycles. The summed E-state index contributed by atoms with van der Waals surface area (Å²) in [6.45, 7) is 1.85. The number of nitrogens with one attached hydrogen (secondary N) is 1. The first-order valence-corrected chi connectivity index (χ1v) is 6.86. The number of rotatable bonds is 5. The number of halogens is 2. The van der Waals surface area contributed by atoms with Gasteiger partial charge in [-0.15, -0.1) is 0 Å². The smallest absolute Gasteiger partial charge is 0.254 e. The molecule has 1 atom stereocenters. The van der Waals surface area contributed by atoms with Crippen LogP contribution in [0.4, 0.5) is 8.78 Å². The Hall–Kier alpha value is -2.23. The largest absolute Gasteiger partial charge is 0.349 e. The number of amides is 1. The van der Waals surface area contributed by atoms with Crippen molar-refractivity contribution in [1.29, 1.82) is 0 Å². The molecule has 4 heteroatoms. The zero-order chi connectivity index (χ0) is 15.2. The average molecular weight is 289 g/mol. The lowest BCUT2D eigenvalue weighted by molar-refractivity contribution is 0.0934. The minimum atomic E-state index is -0.718. The number of aryl methyl sites for hydroxylation is 1. The fourth-order valence-electron chi connectivity index (χ4n) is 2.07. The molecule has 0 bridgehead atoms. The lowest BCUT2D eigenvalue weighted by Crippen LogP contribution is -2.33. The lowest BCUT2D eigenvalue weighted by Gasteiger charge is -2.14. The minimum absolute atomic E-state index is 0.125. The number of carbonyl (C=O) groups excluding carboxylic acids is 1. The van der Waals surface area contributed by atoms with E-state index in [9.17, 15) is 13.6 Å². The Balaban J connectivity index is 1.91. The highest BCUT2D eigenvalue weighted by Gasteiger charge is 2.15. The second-order valence-corrected chi connectivity index (χ2v) is 5.02. The quantitative estimate of drug-likeness (QED) is 0.893. The summed E-state index contributed by atoms with van der Waals surface area (Å²) < 4.78 is 26.6. The monoisotopic (exact) mass is 289 g/mol. The maximum absolute atomic E-state index is 13.5. The second kappa shape index (κ2) is 6.97.